The Morgan fingerprint density at radius 2 is 1.49 bits per heavy atom. The Morgan fingerprint density at radius 1 is 0.943 bits per heavy atom. The summed E-state index contributed by atoms with van der Waals surface area (Å²) in [4.78, 5) is 25.6. The highest BCUT2D eigenvalue weighted by Gasteiger charge is 2.55. The van der Waals surface area contributed by atoms with Crippen LogP contribution in [0, 0.1) is 22.7 Å². The quantitative estimate of drug-likeness (QED) is 0.370. The van der Waals surface area contributed by atoms with Gasteiger partial charge in [0.05, 0.1) is 6.61 Å². The Hall–Kier alpha value is -2.30. The van der Waals surface area contributed by atoms with E-state index in [1.54, 1.807) is 0 Å². The average molecular weight is 489 g/mol. The van der Waals surface area contributed by atoms with E-state index in [2.05, 4.69) is 89.2 Å². The maximum Gasteiger partial charge on any atom is 0.261 e. The number of fused-ring (bicyclic) bond motifs is 1. The van der Waals surface area contributed by atoms with Crippen LogP contribution in [0.25, 0.3) is 0 Å². The second kappa shape index (κ2) is 9.29. The van der Waals surface area contributed by atoms with Crippen molar-refractivity contribution < 1.29 is 14.0 Å². The van der Waals surface area contributed by atoms with E-state index >= 15 is 0 Å². The fraction of sp³-hybridized carbons (Fsp3) is 0.484. The van der Waals surface area contributed by atoms with Gasteiger partial charge >= 0.3 is 0 Å². The second-order valence-corrected chi connectivity index (χ2v) is 16.9. The van der Waals surface area contributed by atoms with Gasteiger partial charge in [-0.05, 0) is 45.5 Å². The topological polar surface area (TPSA) is 43.4 Å². The maximum atomic E-state index is 13.9. The zero-order chi connectivity index (χ0) is 25.5. The van der Waals surface area contributed by atoms with Crippen LogP contribution >= 0.6 is 0 Å². The molecule has 2 aromatic carbocycles. The number of aldehydes is 1. The van der Waals surface area contributed by atoms with Gasteiger partial charge in [-0.3, -0.25) is 4.79 Å². The summed E-state index contributed by atoms with van der Waals surface area (Å²) in [5.74, 6) is 0.624. The fourth-order valence-corrected chi connectivity index (χ4v) is 11.4. The molecule has 1 fully saturated rings. The van der Waals surface area contributed by atoms with Gasteiger partial charge < -0.3 is 9.22 Å². The number of benzene rings is 2. The smallest absolute Gasteiger partial charge is 0.261 e. The van der Waals surface area contributed by atoms with Gasteiger partial charge in [0.25, 0.3) is 8.32 Å². The van der Waals surface area contributed by atoms with Crippen LogP contribution in [0.15, 0.2) is 72.3 Å². The standard InChI is InChI=1S/C31H40O3Si/c1-29(2,3)35(25-13-9-7-10-14-25,26-15-11-8-12-16-26)34-22-24-19-23-20-30(4,5)21-27(23)31(6,17-18-32)28(24)33/h7-16,18-19,23,27H,17,20-22H2,1-6H3/t23-,27+,31-/m1/s1. The number of carbonyl (C=O) groups is 2. The third-order valence-electron chi connectivity index (χ3n) is 8.49. The molecule has 0 N–H and O–H groups in total. The normalized spacial score (nSPS) is 26.2. The number of hydrogen-bond donors (Lipinski definition) is 0. The Morgan fingerprint density at radius 3 is 1.97 bits per heavy atom. The zero-order valence-corrected chi connectivity index (χ0v) is 23.1. The lowest BCUT2D eigenvalue weighted by Gasteiger charge is -2.44. The summed E-state index contributed by atoms with van der Waals surface area (Å²) in [5.41, 5.74) is 0.269. The van der Waals surface area contributed by atoms with Gasteiger partial charge in [0.15, 0.2) is 5.78 Å². The highest BCUT2D eigenvalue weighted by atomic mass is 28.4. The van der Waals surface area contributed by atoms with E-state index in [0.29, 0.717) is 5.92 Å². The molecule has 2 aliphatic rings. The van der Waals surface area contributed by atoms with Crippen LogP contribution in [0.3, 0.4) is 0 Å². The maximum absolute atomic E-state index is 13.9. The molecule has 1 saturated carbocycles. The van der Waals surface area contributed by atoms with Gasteiger partial charge in [-0.15, -0.1) is 0 Å². The van der Waals surface area contributed by atoms with Crippen molar-refractivity contribution in [1.29, 1.82) is 0 Å². The number of ketones is 1. The molecule has 4 rings (SSSR count). The van der Waals surface area contributed by atoms with Crippen molar-refractivity contribution in [3.8, 4) is 0 Å². The Bertz CT molecular complexity index is 1060. The molecule has 0 bridgehead atoms. The largest absolute Gasteiger partial charge is 0.403 e. The van der Waals surface area contributed by atoms with Gasteiger partial charge in [-0.25, -0.2) is 0 Å². The molecule has 0 spiro atoms. The number of carbonyl (C=O) groups excluding carboxylic acids is 2. The lowest BCUT2D eigenvalue weighted by molar-refractivity contribution is -0.132. The molecule has 0 amide bonds. The molecule has 2 aromatic rings. The van der Waals surface area contributed by atoms with E-state index in [0.717, 1.165) is 24.7 Å². The predicted octanol–water partition coefficient (Wildman–Crippen LogP) is 5.72. The molecular formula is C31H40O3Si. The van der Waals surface area contributed by atoms with Gasteiger partial charge in [-0.1, -0.05) is 108 Å². The van der Waals surface area contributed by atoms with Crippen molar-refractivity contribution in [2.24, 2.45) is 22.7 Å². The van der Waals surface area contributed by atoms with Gasteiger partial charge in [0.1, 0.15) is 6.29 Å². The van der Waals surface area contributed by atoms with Crippen molar-refractivity contribution >= 4 is 30.8 Å². The van der Waals surface area contributed by atoms with Crippen molar-refractivity contribution in [2.45, 2.75) is 65.8 Å². The van der Waals surface area contributed by atoms with E-state index in [1.807, 2.05) is 19.1 Å². The first-order valence-electron chi connectivity index (χ1n) is 12.9. The fourth-order valence-electron chi connectivity index (χ4n) is 6.83. The Balaban J connectivity index is 1.78. The molecule has 3 atom stereocenters. The summed E-state index contributed by atoms with van der Waals surface area (Å²) < 4.78 is 7.11. The molecule has 2 aliphatic carbocycles. The minimum Gasteiger partial charge on any atom is -0.403 e. The molecule has 0 heterocycles. The van der Waals surface area contributed by atoms with Crippen molar-refractivity contribution in [1.82, 2.24) is 0 Å². The predicted molar refractivity (Wildman–Crippen MR) is 145 cm³/mol. The van der Waals surface area contributed by atoms with Crippen LogP contribution < -0.4 is 10.4 Å². The first-order valence-corrected chi connectivity index (χ1v) is 14.8. The van der Waals surface area contributed by atoms with Gasteiger partial charge in [-0.2, -0.15) is 0 Å². The highest BCUT2D eigenvalue weighted by Crippen LogP contribution is 2.57. The first kappa shape index (κ1) is 25.8. The Labute approximate surface area is 212 Å². The van der Waals surface area contributed by atoms with Gasteiger partial charge in [0, 0.05) is 17.4 Å². The Kier molecular flexibility index (Phi) is 6.84. The summed E-state index contributed by atoms with van der Waals surface area (Å²) in [6.07, 6.45) is 5.44. The summed E-state index contributed by atoms with van der Waals surface area (Å²) in [6.45, 7) is 13.6. The van der Waals surface area contributed by atoms with Crippen molar-refractivity contribution in [3.05, 3.63) is 72.3 Å². The monoisotopic (exact) mass is 488 g/mol. The molecule has 0 aliphatic heterocycles. The number of Topliss-reactive ketones (excluding diaryl/α,β-unsaturated/α-hetero) is 1. The van der Waals surface area contributed by atoms with Crippen LogP contribution in [0.2, 0.25) is 5.04 Å². The molecule has 0 unspecified atom stereocenters. The molecular weight excluding hydrogens is 448 g/mol. The molecule has 0 saturated heterocycles. The molecule has 186 valence electrons. The van der Waals surface area contributed by atoms with E-state index < -0.39 is 13.7 Å². The van der Waals surface area contributed by atoms with Crippen LogP contribution in [0.4, 0.5) is 0 Å². The lowest BCUT2D eigenvalue weighted by Crippen LogP contribution is -2.66. The SMILES string of the molecule is CC1(C)C[C@H]2C=C(CO[Si](c3ccccc3)(c3ccccc3)C(C)(C)C)C(=O)[C@](C)(CC=O)[C@H]2C1. The van der Waals surface area contributed by atoms with Crippen molar-refractivity contribution in [3.63, 3.8) is 0 Å². The van der Waals surface area contributed by atoms with E-state index in [-0.39, 0.29) is 35.2 Å². The highest BCUT2D eigenvalue weighted by molar-refractivity contribution is 6.99. The van der Waals surface area contributed by atoms with Crippen LogP contribution in [0.1, 0.15) is 60.8 Å². The second-order valence-electron chi connectivity index (χ2n) is 12.6. The molecule has 0 aromatic heterocycles. The summed E-state index contributed by atoms with van der Waals surface area (Å²) in [7, 11) is -2.75. The minimum absolute atomic E-state index is 0.0986. The average Bonchev–Trinajstić information content (AvgIpc) is 3.13. The molecule has 4 heteroatoms. The lowest BCUT2D eigenvalue weighted by atomic mass is 9.62. The van der Waals surface area contributed by atoms with E-state index in [9.17, 15) is 9.59 Å². The summed E-state index contributed by atoms with van der Waals surface area (Å²) in [5, 5.41) is 2.26. The van der Waals surface area contributed by atoms with Gasteiger partial charge in [0.2, 0.25) is 0 Å². The van der Waals surface area contributed by atoms with E-state index in [1.165, 1.54) is 10.4 Å². The summed E-state index contributed by atoms with van der Waals surface area (Å²) in [6, 6.07) is 21.1. The number of rotatable bonds is 7. The molecule has 0 radical (unpaired) electrons. The zero-order valence-electron chi connectivity index (χ0n) is 22.1. The summed E-state index contributed by atoms with van der Waals surface area (Å²) >= 11 is 0. The van der Waals surface area contributed by atoms with Crippen LogP contribution in [0.5, 0.6) is 0 Å². The molecule has 3 nitrogen and oxygen atoms in total. The number of allylic oxidation sites excluding steroid dienone is 1. The third kappa shape index (κ3) is 4.51. The molecule has 35 heavy (non-hydrogen) atoms. The van der Waals surface area contributed by atoms with E-state index in [4.69, 9.17) is 4.43 Å². The minimum atomic E-state index is -2.75. The number of hydrogen-bond acceptors (Lipinski definition) is 3. The van der Waals surface area contributed by atoms with Crippen molar-refractivity contribution in [2.75, 3.05) is 6.61 Å². The third-order valence-corrected chi connectivity index (χ3v) is 13.5. The van der Waals surface area contributed by atoms with Crippen LogP contribution in [-0.4, -0.2) is 27.0 Å². The van der Waals surface area contributed by atoms with Crippen LogP contribution in [-0.2, 0) is 14.0 Å². The first-order chi connectivity index (χ1) is 16.4.